The standard InChI is InChI=1S/C14H19ClN2O/c1-10-8-17(9-10)11(2)14(18)16-7-12-3-5-13(15)6-4-12/h3-6,10-11H,7-9H2,1-2H3,(H,16,18). The van der Waals surface area contributed by atoms with Crippen LogP contribution in [0.1, 0.15) is 19.4 Å². The maximum Gasteiger partial charge on any atom is 0.237 e. The summed E-state index contributed by atoms with van der Waals surface area (Å²) in [6.45, 7) is 6.77. The van der Waals surface area contributed by atoms with Crippen LogP contribution in [0.3, 0.4) is 0 Å². The van der Waals surface area contributed by atoms with Gasteiger partial charge in [0, 0.05) is 24.7 Å². The molecule has 0 spiro atoms. The lowest BCUT2D eigenvalue weighted by atomic mass is 10.0. The number of carbonyl (C=O) groups is 1. The van der Waals surface area contributed by atoms with E-state index in [-0.39, 0.29) is 11.9 Å². The van der Waals surface area contributed by atoms with E-state index in [1.54, 1.807) is 0 Å². The van der Waals surface area contributed by atoms with Crippen LogP contribution in [0.2, 0.25) is 5.02 Å². The van der Waals surface area contributed by atoms with Gasteiger partial charge < -0.3 is 5.32 Å². The number of nitrogens with zero attached hydrogens (tertiary/aromatic N) is 1. The predicted octanol–water partition coefficient (Wildman–Crippen LogP) is 2.30. The number of halogens is 1. The van der Waals surface area contributed by atoms with E-state index in [1.807, 2.05) is 31.2 Å². The third kappa shape index (κ3) is 3.24. The van der Waals surface area contributed by atoms with Crippen molar-refractivity contribution in [2.45, 2.75) is 26.4 Å². The van der Waals surface area contributed by atoms with Crippen LogP contribution in [-0.4, -0.2) is 29.9 Å². The molecule has 18 heavy (non-hydrogen) atoms. The van der Waals surface area contributed by atoms with Gasteiger partial charge in [-0.05, 0) is 30.5 Å². The number of rotatable bonds is 4. The largest absolute Gasteiger partial charge is 0.351 e. The zero-order valence-corrected chi connectivity index (χ0v) is 11.6. The Balaban J connectivity index is 1.79. The van der Waals surface area contributed by atoms with E-state index in [1.165, 1.54) is 0 Å². The Bertz CT molecular complexity index is 412. The second-order valence-electron chi connectivity index (χ2n) is 5.08. The van der Waals surface area contributed by atoms with Crippen molar-refractivity contribution < 1.29 is 4.79 Å². The molecule has 0 aromatic heterocycles. The van der Waals surface area contributed by atoms with Gasteiger partial charge in [-0.15, -0.1) is 0 Å². The Morgan fingerprint density at radius 2 is 2.06 bits per heavy atom. The average Bonchev–Trinajstić information content (AvgIpc) is 2.33. The van der Waals surface area contributed by atoms with Gasteiger partial charge in [0.1, 0.15) is 0 Å². The fourth-order valence-corrected chi connectivity index (χ4v) is 2.29. The van der Waals surface area contributed by atoms with Gasteiger partial charge in [0.25, 0.3) is 0 Å². The molecular formula is C14H19ClN2O. The molecule has 0 saturated carbocycles. The quantitative estimate of drug-likeness (QED) is 0.907. The zero-order valence-electron chi connectivity index (χ0n) is 10.8. The molecular weight excluding hydrogens is 248 g/mol. The van der Waals surface area contributed by atoms with Crippen molar-refractivity contribution in [2.24, 2.45) is 5.92 Å². The van der Waals surface area contributed by atoms with Crippen LogP contribution in [0, 0.1) is 5.92 Å². The van der Waals surface area contributed by atoms with Gasteiger partial charge in [-0.1, -0.05) is 30.7 Å². The van der Waals surface area contributed by atoms with Crippen molar-refractivity contribution in [1.29, 1.82) is 0 Å². The second-order valence-corrected chi connectivity index (χ2v) is 5.52. The number of carbonyl (C=O) groups excluding carboxylic acids is 1. The van der Waals surface area contributed by atoms with Crippen molar-refractivity contribution in [3.05, 3.63) is 34.9 Å². The first-order valence-electron chi connectivity index (χ1n) is 6.32. The molecule has 0 radical (unpaired) electrons. The van der Waals surface area contributed by atoms with Crippen LogP contribution in [0.15, 0.2) is 24.3 Å². The molecule has 1 heterocycles. The third-order valence-corrected chi connectivity index (χ3v) is 3.65. The summed E-state index contributed by atoms with van der Waals surface area (Å²) in [6, 6.07) is 7.50. The molecule has 98 valence electrons. The van der Waals surface area contributed by atoms with E-state index >= 15 is 0 Å². The molecule has 1 aromatic carbocycles. The monoisotopic (exact) mass is 266 g/mol. The summed E-state index contributed by atoms with van der Waals surface area (Å²) in [6.07, 6.45) is 0. The molecule has 1 aliphatic rings. The fraction of sp³-hybridized carbons (Fsp3) is 0.500. The van der Waals surface area contributed by atoms with Crippen LogP contribution < -0.4 is 5.32 Å². The molecule has 4 heteroatoms. The van der Waals surface area contributed by atoms with Gasteiger partial charge in [-0.25, -0.2) is 0 Å². The minimum Gasteiger partial charge on any atom is -0.351 e. The Morgan fingerprint density at radius 1 is 1.44 bits per heavy atom. The molecule has 3 nitrogen and oxygen atoms in total. The topological polar surface area (TPSA) is 32.3 Å². The Kier molecular flexibility index (Phi) is 4.25. The average molecular weight is 267 g/mol. The Morgan fingerprint density at radius 3 is 2.61 bits per heavy atom. The lowest BCUT2D eigenvalue weighted by Crippen LogP contribution is -2.55. The predicted molar refractivity (Wildman–Crippen MR) is 73.5 cm³/mol. The van der Waals surface area contributed by atoms with Gasteiger partial charge in [0.2, 0.25) is 5.91 Å². The van der Waals surface area contributed by atoms with Gasteiger partial charge >= 0.3 is 0 Å². The minimum atomic E-state index is -0.0338. The molecule has 1 amide bonds. The highest BCUT2D eigenvalue weighted by Gasteiger charge is 2.30. The molecule has 2 rings (SSSR count). The van der Waals surface area contributed by atoms with Crippen molar-refractivity contribution in [2.75, 3.05) is 13.1 Å². The lowest BCUT2D eigenvalue weighted by molar-refractivity contribution is -0.128. The second kappa shape index (κ2) is 5.72. The summed E-state index contributed by atoms with van der Waals surface area (Å²) in [5, 5.41) is 3.67. The van der Waals surface area contributed by atoms with E-state index in [0.29, 0.717) is 11.6 Å². The highest BCUT2D eigenvalue weighted by Crippen LogP contribution is 2.17. The van der Waals surface area contributed by atoms with Crippen LogP contribution in [-0.2, 0) is 11.3 Å². The van der Waals surface area contributed by atoms with Gasteiger partial charge in [0.05, 0.1) is 6.04 Å². The summed E-state index contributed by atoms with van der Waals surface area (Å²) in [7, 11) is 0. The fourth-order valence-electron chi connectivity index (χ4n) is 2.17. The number of hydrogen-bond acceptors (Lipinski definition) is 2. The lowest BCUT2D eigenvalue weighted by Gasteiger charge is -2.40. The van der Waals surface area contributed by atoms with Crippen molar-refractivity contribution >= 4 is 17.5 Å². The zero-order chi connectivity index (χ0) is 13.1. The Labute approximate surface area is 113 Å². The molecule has 1 aromatic rings. The first-order valence-corrected chi connectivity index (χ1v) is 6.70. The highest BCUT2D eigenvalue weighted by atomic mass is 35.5. The number of nitrogens with one attached hydrogen (secondary N) is 1. The van der Waals surface area contributed by atoms with Crippen molar-refractivity contribution in [1.82, 2.24) is 10.2 Å². The smallest absolute Gasteiger partial charge is 0.237 e. The molecule has 1 aliphatic heterocycles. The number of hydrogen-bond donors (Lipinski definition) is 1. The number of likely N-dealkylation sites (tertiary alicyclic amines) is 1. The molecule has 1 atom stereocenters. The molecule has 0 aliphatic carbocycles. The highest BCUT2D eigenvalue weighted by molar-refractivity contribution is 6.30. The molecule has 1 fully saturated rings. The van der Waals surface area contributed by atoms with E-state index in [0.717, 1.165) is 24.6 Å². The number of benzene rings is 1. The van der Waals surface area contributed by atoms with Gasteiger partial charge in [-0.2, -0.15) is 0 Å². The van der Waals surface area contributed by atoms with Crippen LogP contribution >= 0.6 is 11.6 Å². The van der Waals surface area contributed by atoms with Crippen LogP contribution in [0.4, 0.5) is 0 Å². The first kappa shape index (κ1) is 13.4. The molecule has 1 saturated heterocycles. The Hall–Kier alpha value is -1.06. The molecule has 0 bridgehead atoms. The van der Waals surface area contributed by atoms with Crippen molar-refractivity contribution in [3.63, 3.8) is 0 Å². The molecule has 1 N–H and O–H groups in total. The minimum absolute atomic E-state index is 0.0338. The van der Waals surface area contributed by atoms with Crippen LogP contribution in [0.5, 0.6) is 0 Å². The summed E-state index contributed by atoms with van der Waals surface area (Å²) in [5.74, 6) is 0.813. The van der Waals surface area contributed by atoms with Gasteiger partial charge in [0.15, 0.2) is 0 Å². The summed E-state index contributed by atoms with van der Waals surface area (Å²) in [5.41, 5.74) is 1.07. The number of amides is 1. The van der Waals surface area contributed by atoms with E-state index in [9.17, 15) is 4.79 Å². The summed E-state index contributed by atoms with van der Waals surface area (Å²) < 4.78 is 0. The maximum atomic E-state index is 11.9. The van der Waals surface area contributed by atoms with Crippen molar-refractivity contribution in [3.8, 4) is 0 Å². The normalized spacial score (nSPS) is 18.2. The van der Waals surface area contributed by atoms with E-state index in [2.05, 4.69) is 17.1 Å². The maximum absolute atomic E-state index is 11.9. The summed E-state index contributed by atoms with van der Waals surface area (Å²) >= 11 is 5.81. The first-order chi connectivity index (χ1) is 8.56. The van der Waals surface area contributed by atoms with E-state index in [4.69, 9.17) is 11.6 Å². The summed E-state index contributed by atoms with van der Waals surface area (Å²) in [4.78, 5) is 14.1. The SMILES string of the molecule is CC1CN(C(C)C(=O)NCc2ccc(Cl)cc2)C1. The van der Waals surface area contributed by atoms with E-state index < -0.39 is 0 Å². The van der Waals surface area contributed by atoms with Gasteiger partial charge in [-0.3, -0.25) is 9.69 Å². The molecule has 1 unspecified atom stereocenters. The third-order valence-electron chi connectivity index (χ3n) is 3.40. The van der Waals surface area contributed by atoms with Crippen LogP contribution in [0.25, 0.3) is 0 Å².